The molecule has 0 saturated carbocycles. The molecule has 0 fully saturated rings. The second-order valence-electron chi connectivity index (χ2n) is 5.28. The molecule has 0 atom stereocenters. The molecule has 120 valence electrons. The Morgan fingerprint density at radius 3 is 2.48 bits per heavy atom. The number of unbranched alkanes of at least 4 members (excludes halogenated alkanes) is 6. The Kier molecular flexibility index (Phi) is 8.66. The van der Waals surface area contributed by atoms with Gasteiger partial charge < -0.3 is 9.84 Å². The summed E-state index contributed by atoms with van der Waals surface area (Å²) in [6.07, 6.45) is 9.08. The van der Waals surface area contributed by atoms with E-state index in [1.54, 1.807) is 11.8 Å². The first kappa shape index (κ1) is 17.6. The van der Waals surface area contributed by atoms with E-state index >= 15 is 0 Å². The van der Waals surface area contributed by atoms with E-state index < -0.39 is 5.97 Å². The first-order valence-corrected chi connectivity index (χ1v) is 7.85. The van der Waals surface area contributed by atoms with Gasteiger partial charge in [-0.05, 0) is 6.42 Å². The fourth-order valence-electron chi connectivity index (χ4n) is 2.34. The molecule has 0 saturated heterocycles. The van der Waals surface area contributed by atoms with E-state index in [1.807, 2.05) is 0 Å². The summed E-state index contributed by atoms with van der Waals surface area (Å²) in [6, 6.07) is 0. The lowest BCUT2D eigenvalue weighted by molar-refractivity contribution is 0.0688. The summed E-state index contributed by atoms with van der Waals surface area (Å²) < 4.78 is 6.74. The summed E-state index contributed by atoms with van der Waals surface area (Å²) in [5, 5.41) is 16.8. The number of carboxylic acid groups (broad SMARTS) is 1. The zero-order valence-electron chi connectivity index (χ0n) is 13.2. The molecule has 1 rings (SSSR count). The molecule has 0 aliphatic rings. The Labute approximate surface area is 126 Å². The Bertz CT molecular complexity index is 418. The molecule has 1 N–H and O–H groups in total. The number of rotatable bonds is 12. The van der Waals surface area contributed by atoms with Crippen molar-refractivity contribution in [1.82, 2.24) is 15.0 Å². The van der Waals surface area contributed by atoms with Crippen molar-refractivity contribution < 1.29 is 14.6 Å². The van der Waals surface area contributed by atoms with E-state index in [0.717, 1.165) is 19.4 Å². The Hall–Kier alpha value is -1.43. The molecule has 0 aliphatic carbocycles. The zero-order valence-corrected chi connectivity index (χ0v) is 13.2. The first-order chi connectivity index (χ1) is 10.2. The molecule has 0 spiro atoms. The van der Waals surface area contributed by atoms with Gasteiger partial charge in [0.05, 0.1) is 12.3 Å². The van der Waals surface area contributed by atoms with Crippen molar-refractivity contribution in [3.8, 4) is 0 Å². The number of nitrogens with zero attached hydrogens (tertiary/aromatic N) is 3. The van der Waals surface area contributed by atoms with Gasteiger partial charge in [0.2, 0.25) is 0 Å². The van der Waals surface area contributed by atoms with Gasteiger partial charge in [-0.1, -0.05) is 50.7 Å². The van der Waals surface area contributed by atoms with E-state index in [4.69, 9.17) is 9.84 Å². The van der Waals surface area contributed by atoms with Crippen LogP contribution in [-0.2, 0) is 17.7 Å². The van der Waals surface area contributed by atoms with Gasteiger partial charge >= 0.3 is 5.97 Å². The summed E-state index contributed by atoms with van der Waals surface area (Å²) in [7, 11) is 1.60. The highest BCUT2D eigenvalue weighted by Crippen LogP contribution is 2.11. The Morgan fingerprint density at radius 1 is 1.19 bits per heavy atom. The normalized spacial score (nSPS) is 11.0. The molecule has 1 aromatic heterocycles. The standard InChI is InChI=1S/C15H27N3O3/c1-3-4-5-6-7-8-9-11-18-13(10-12-21-2)14(15(19)20)16-17-18/h3-12H2,1-2H3,(H,19,20). The van der Waals surface area contributed by atoms with Crippen LogP contribution in [0, 0.1) is 0 Å². The van der Waals surface area contributed by atoms with Crippen LogP contribution in [0.15, 0.2) is 0 Å². The van der Waals surface area contributed by atoms with Crippen molar-refractivity contribution in [3.05, 3.63) is 11.4 Å². The molecule has 0 aliphatic heterocycles. The van der Waals surface area contributed by atoms with Crippen molar-refractivity contribution in [3.63, 3.8) is 0 Å². The fraction of sp³-hybridized carbons (Fsp3) is 0.800. The van der Waals surface area contributed by atoms with Crippen molar-refractivity contribution in [2.45, 2.75) is 64.8 Å². The molecule has 21 heavy (non-hydrogen) atoms. The van der Waals surface area contributed by atoms with Crippen molar-refractivity contribution in [2.24, 2.45) is 0 Å². The lowest BCUT2D eigenvalue weighted by Crippen LogP contribution is -2.11. The van der Waals surface area contributed by atoms with Crippen LogP contribution in [0.1, 0.15) is 68.1 Å². The molecule has 0 aromatic carbocycles. The molecular formula is C15H27N3O3. The number of aromatic nitrogens is 3. The average Bonchev–Trinajstić information content (AvgIpc) is 2.87. The average molecular weight is 297 g/mol. The topological polar surface area (TPSA) is 77.2 Å². The third kappa shape index (κ3) is 6.25. The highest BCUT2D eigenvalue weighted by molar-refractivity contribution is 5.86. The maximum absolute atomic E-state index is 11.1. The molecular weight excluding hydrogens is 270 g/mol. The minimum absolute atomic E-state index is 0.0509. The highest BCUT2D eigenvalue weighted by Gasteiger charge is 2.18. The number of carbonyl (C=O) groups is 1. The second kappa shape index (κ2) is 10.3. The summed E-state index contributed by atoms with van der Waals surface area (Å²) in [5.41, 5.74) is 0.713. The SMILES string of the molecule is CCCCCCCCCn1nnc(C(=O)O)c1CCOC. The molecule has 6 heteroatoms. The van der Waals surface area contributed by atoms with Crippen LogP contribution in [0.25, 0.3) is 0 Å². The number of carboxylic acids is 1. The monoisotopic (exact) mass is 297 g/mol. The molecule has 0 unspecified atom stereocenters. The van der Waals surface area contributed by atoms with E-state index in [-0.39, 0.29) is 5.69 Å². The minimum atomic E-state index is -1.02. The molecule has 0 radical (unpaired) electrons. The number of hydrogen-bond acceptors (Lipinski definition) is 4. The number of aromatic carboxylic acids is 1. The summed E-state index contributed by atoms with van der Waals surface area (Å²) in [5.74, 6) is -1.02. The van der Waals surface area contributed by atoms with Crippen LogP contribution >= 0.6 is 0 Å². The van der Waals surface area contributed by atoms with Crippen molar-refractivity contribution in [2.75, 3.05) is 13.7 Å². The Morgan fingerprint density at radius 2 is 1.86 bits per heavy atom. The lowest BCUT2D eigenvalue weighted by Gasteiger charge is -2.07. The highest BCUT2D eigenvalue weighted by atomic mass is 16.5. The smallest absolute Gasteiger partial charge is 0.358 e. The van der Waals surface area contributed by atoms with Gasteiger partial charge in [0, 0.05) is 20.1 Å². The van der Waals surface area contributed by atoms with Crippen LogP contribution in [0.2, 0.25) is 0 Å². The third-order valence-electron chi connectivity index (χ3n) is 3.56. The van der Waals surface area contributed by atoms with E-state index in [9.17, 15) is 4.79 Å². The van der Waals surface area contributed by atoms with Gasteiger partial charge in [0.15, 0.2) is 5.69 Å². The van der Waals surface area contributed by atoms with Crippen LogP contribution < -0.4 is 0 Å². The van der Waals surface area contributed by atoms with Crippen molar-refractivity contribution >= 4 is 5.97 Å². The predicted molar refractivity (Wildman–Crippen MR) is 80.6 cm³/mol. The molecule has 0 amide bonds. The van der Waals surface area contributed by atoms with Crippen LogP contribution in [0.5, 0.6) is 0 Å². The largest absolute Gasteiger partial charge is 0.476 e. The number of methoxy groups -OCH3 is 1. The summed E-state index contributed by atoms with van der Waals surface area (Å²) >= 11 is 0. The number of hydrogen-bond donors (Lipinski definition) is 1. The molecule has 6 nitrogen and oxygen atoms in total. The van der Waals surface area contributed by atoms with Gasteiger partial charge in [-0.15, -0.1) is 5.10 Å². The molecule has 1 aromatic rings. The molecule has 0 bridgehead atoms. The third-order valence-corrected chi connectivity index (χ3v) is 3.56. The quantitative estimate of drug-likeness (QED) is 0.600. The van der Waals surface area contributed by atoms with Crippen molar-refractivity contribution in [1.29, 1.82) is 0 Å². The van der Waals surface area contributed by atoms with E-state index in [0.29, 0.717) is 18.7 Å². The van der Waals surface area contributed by atoms with Gasteiger partial charge in [0.1, 0.15) is 0 Å². The van der Waals surface area contributed by atoms with Gasteiger partial charge in [-0.25, -0.2) is 9.48 Å². The lowest BCUT2D eigenvalue weighted by atomic mass is 10.1. The predicted octanol–water partition coefficient (Wildman–Crippen LogP) is 2.92. The number of ether oxygens (including phenoxy) is 1. The summed E-state index contributed by atoms with van der Waals surface area (Å²) in [6.45, 7) is 3.42. The van der Waals surface area contributed by atoms with Crippen LogP contribution in [-0.4, -0.2) is 39.8 Å². The zero-order chi connectivity index (χ0) is 15.5. The summed E-state index contributed by atoms with van der Waals surface area (Å²) in [4.78, 5) is 11.1. The fourth-order valence-corrected chi connectivity index (χ4v) is 2.34. The minimum Gasteiger partial charge on any atom is -0.476 e. The van der Waals surface area contributed by atoms with Crippen LogP contribution in [0.4, 0.5) is 0 Å². The van der Waals surface area contributed by atoms with Gasteiger partial charge in [-0.2, -0.15) is 0 Å². The van der Waals surface area contributed by atoms with E-state index in [2.05, 4.69) is 17.2 Å². The van der Waals surface area contributed by atoms with Crippen LogP contribution in [0.3, 0.4) is 0 Å². The maximum Gasteiger partial charge on any atom is 0.358 e. The van der Waals surface area contributed by atoms with E-state index in [1.165, 1.54) is 32.1 Å². The Balaban J connectivity index is 2.41. The van der Waals surface area contributed by atoms with Gasteiger partial charge in [-0.3, -0.25) is 0 Å². The maximum atomic E-state index is 11.1. The number of aryl methyl sites for hydroxylation is 1. The first-order valence-electron chi connectivity index (χ1n) is 7.85. The molecule has 1 heterocycles. The van der Waals surface area contributed by atoms with Gasteiger partial charge in [0.25, 0.3) is 0 Å². The second-order valence-corrected chi connectivity index (χ2v) is 5.28.